The number of nitrogens with one attached hydrogen (secondary N) is 1. The van der Waals surface area contributed by atoms with Gasteiger partial charge < -0.3 is 10.2 Å². The van der Waals surface area contributed by atoms with Gasteiger partial charge in [-0.3, -0.25) is 9.59 Å². The number of carbonyl (C=O) groups excluding carboxylic acids is 2. The smallest absolute Gasteiger partial charge is 0.221 e. The van der Waals surface area contributed by atoms with Gasteiger partial charge in [0.05, 0.1) is 31.2 Å². The molecule has 174 valence electrons. The number of thiophene rings is 2. The lowest BCUT2D eigenvalue weighted by Crippen LogP contribution is -2.23. The van der Waals surface area contributed by atoms with E-state index < -0.39 is 5.60 Å². The Bertz CT molecular complexity index is 1190. The van der Waals surface area contributed by atoms with Crippen molar-refractivity contribution in [2.75, 3.05) is 6.54 Å². The number of terminal acetylenes is 1. The molecule has 0 saturated carbocycles. The summed E-state index contributed by atoms with van der Waals surface area (Å²) in [5.74, 6) is 2.11. The van der Waals surface area contributed by atoms with E-state index in [-0.39, 0.29) is 31.1 Å². The summed E-state index contributed by atoms with van der Waals surface area (Å²) in [6.07, 6.45) is 9.76. The first-order valence-electron chi connectivity index (χ1n) is 10.5. The molecule has 4 rings (SSSR count). The van der Waals surface area contributed by atoms with Crippen molar-refractivity contribution in [2.45, 2.75) is 57.5 Å². The van der Waals surface area contributed by atoms with Crippen molar-refractivity contribution >= 4 is 74.9 Å². The van der Waals surface area contributed by atoms with Crippen LogP contribution >= 0.6 is 57.5 Å². The molecule has 2 aromatic heterocycles. The number of fused-ring (bicyclic) bond motifs is 1. The minimum absolute atomic E-state index is 0.0256. The molecule has 0 spiro atoms. The Labute approximate surface area is 215 Å². The molecule has 2 aromatic rings. The zero-order valence-corrected chi connectivity index (χ0v) is 21.8. The summed E-state index contributed by atoms with van der Waals surface area (Å²) in [6, 6.07) is 0. The second kappa shape index (κ2) is 9.97. The summed E-state index contributed by atoms with van der Waals surface area (Å²) < 4.78 is 0.419. The second-order valence-electron chi connectivity index (χ2n) is 8.20. The molecule has 1 atom stereocenters. The van der Waals surface area contributed by atoms with Crippen molar-refractivity contribution < 1.29 is 14.4 Å². The van der Waals surface area contributed by atoms with Gasteiger partial charge in [-0.15, -0.1) is 29.1 Å². The van der Waals surface area contributed by atoms with Crippen LogP contribution in [0.2, 0.25) is 14.4 Å². The van der Waals surface area contributed by atoms with Crippen LogP contribution in [0, 0.1) is 12.3 Å². The minimum atomic E-state index is -0.779. The Kier molecular flexibility index (Phi) is 7.42. The van der Waals surface area contributed by atoms with E-state index in [4.69, 9.17) is 46.1 Å². The fraction of sp³-hybridized carbons (Fsp3) is 0.435. The molecule has 1 N–H and O–H groups in total. The topological polar surface area (TPSA) is 67.8 Å². The highest BCUT2D eigenvalue weighted by atomic mass is 35.5. The first kappa shape index (κ1) is 24.6. The highest BCUT2D eigenvalue weighted by Gasteiger charge is 2.42. The normalized spacial score (nSPS) is 19.4. The Morgan fingerprint density at radius 3 is 2.55 bits per heavy atom. The Morgan fingerprint density at radius 2 is 1.88 bits per heavy atom. The second-order valence-corrected chi connectivity index (χ2v) is 11.6. The van der Waals surface area contributed by atoms with Gasteiger partial charge in [0.1, 0.15) is 10.0 Å². The first-order chi connectivity index (χ1) is 15.7. The van der Waals surface area contributed by atoms with Crippen LogP contribution in [0.3, 0.4) is 0 Å². The summed E-state index contributed by atoms with van der Waals surface area (Å²) in [4.78, 5) is 33.2. The average molecular weight is 544 g/mol. The number of amides is 1. The predicted molar refractivity (Wildman–Crippen MR) is 135 cm³/mol. The third kappa shape index (κ3) is 4.82. The van der Waals surface area contributed by atoms with Crippen molar-refractivity contribution in [1.82, 2.24) is 5.32 Å². The highest BCUT2D eigenvalue weighted by Crippen LogP contribution is 2.50. The summed E-state index contributed by atoms with van der Waals surface area (Å²) >= 11 is 21.5. The maximum Gasteiger partial charge on any atom is 0.221 e. The van der Waals surface area contributed by atoms with E-state index in [0.29, 0.717) is 20.8 Å². The van der Waals surface area contributed by atoms with Crippen molar-refractivity contribution in [3.8, 4) is 12.3 Å². The lowest BCUT2D eigenvalue weighted by molar-refractivity contribution is -0.120. The van der Waals surface area contributed by atoms with Gasteiger partial charge >= 0.3 is 0 Å². The zero-order valence-electron chi connectivity index (χ0n) is 17.9. The van der Waals surface area contributed by atoms with E-state index in [2.05, 4.69) is 16.4 Å². The van der Waals surface area contributed by atoms with Gasteiger partial charge in [-0.2, -0.15) is 0 Å². The van der Waals surface area contributed by atoms with Crippen molar-refractivity contribution in [3.05, 3.63) is 40.1 Å². The van der Waals surface area contributed by atoms with E-state index in [1.807, 2.05) is 6.92 Å². The molecule has 5 nitrogen and oxygen atoms in total. The van der Waals surface area contributed by atoms with Gasteiger partial charge in [0.25, 0.3) is 0 Å². The van der Waals surface area contributed by atoms with E-state index >= 15 is 0 Å². The van der Waals surface area contributed by atoms with E-state index in [0.717, 1.165) is 51.6 Å². The number of hydrogen-bond donors (Lipinski definition) is 1. The molecule has 1 unspecified atom stereocenters. The van der Waals surface area contributed by atoms with Gasteiger partial charge in [-0.1, -0.05) is 45.9 Å². The molecule has 0 aromatic carbocycles. The number of rotatable bonds is 7. The third-order valence-electron chi connectivity index (χ3n) is 5.80. The summed E-state index contributed by atoms with van der Waals surface area (Å²) in [7, 11) is 0. The van der Waals surface area contributed by atoms with E-state index in [9.17, 15) is 9.59 Å². The maximum absolute atomic E-state index is 13.0. The summed E-state index contributed by atoms with van der Waals surface area (Å²) in [5, 5.41) is 7.71. The van der Waals surface area contributed by atoms with Gasteiger partial charge in [0.15, 0.2) is 11.4 Å². The molecule has 0 bridgehead atoms. The Morgan fingerprint density at radius 1 is 1.15 bits per heavy atom. The number of nitrogens with zero attached hydrogens (tertiary/aromatic N) is 1. The summed E-state index contributed by atoms with van der Waals surface area (Å²) in [5.41, 5.74) is 2.28. The van der Waals surface area contributed by atoms with Crippen molar-refractivity contribution in [2.24, 2.45) is 5.16 Å². The number of hydrogen-bond acceptors (Lipinski definition) is 6. The number of oxime groups is 1. The van der Waals surface area contributed by atoms with Gasteiger partial charge in [0, 0.05) is 19.3 Å². The number of halogens is 3. The third-order valence-corrected chi connectivity index (χ3v) is 9.98. The molecular weight excluding hydrogens is 523 g/mol. The molecule has 10 heteroatoms. The van der Waals surface area contributed by atoms with Gasteiger partial charge in [-0.05, 0) is 43.7 Å². The molecule has 0 saturated heterocycles. The molecule has 1 amide bonds. The quantitative estimate of drug-likeness (QED) is 0.324. The molecule has 0 fully saturated rings. The van der Waals surface area contributed by atoms with Crippen LogP contribution in [0.4, 0.5) is 0 Å². The molecule has 1 aliphatic carbocycles. The largest absolute Gasteiger partial charge is 0.383 e. The number of carbonyl (C=O) groups is 2. The standard InChI is InChI=1S/C23H21Cl3N2O3S2/c1-3-10-27-16(30)9-8-15(29)20-13-7-5-4-6-12(13)19(32-20)14-11-23(2,31-28-14)21-17(24)18(25)22(26)33-21/h1H,4-11H2,2H3,(H,27,30). The van der Waals surface area contributed by atoms with Crippen LogP contribution in [0.25, 0.3) is 0 Å². The van der Waals surface area contributed by atoms with Crippen LogP contribution in [-0.2, 0) is 28.1 Å². The maximum atomic E-state index is 13.0. The van der Waals surface area contributed by atoms with Gasteiger partial charge in [0.2, 0.25) is 5.91 Å². The average Bonchev–Trinajstić information content (AvgIpc) is 3.47. The Balaban J connectivity index is 1.57. The minimum Gasteiger partial charge on any atom is -0.383 e. The molecule has 2 aliphatic rings. The lowest BCUT2D eigenvalue weighted by atomic mass is 9.88. The SMILES string of the molecule is C#CCNC(=O)CCC(=O)c1sc(C2=NOC(C)(c3sc(Cl)c(Cl)c3Cl)C2)c2c1CCCC2. The van der Waals surface area contributed by atoms with Crippen LogP contribution in [0.5, 0.6) is 0 Å². The molecular formula is C23H21Cl3N2O3S2. The van der Waals surface area contributed by atoms with Gasteiger partial charge in [-0.25, -0.2) is 0 Å². The molecule has 1 aliphatic heterocycles. The molecule has 3 heterocycles. The molecule has 0 radical (unpaired) electrons. The van der Waals surface area contributed by atoms with E-state index in [1.54, 1.807) is 0 Å². The zero-order chi connectivity index (χ0) is 23.8. The van der Waals surface area contributed by atoms with Crippen LogP contribution in [-0.4, -0.2) is 23.9 Å². The fourth-order valence-electron chi connectivity index (χ4n) is 4.16. The highest BCUT2D eigenvalue weighted by molar-refractivity contribution is 7.18. The first-order valence-corrected chi connectivity index (χ1v) is 13.3. The number of Topliss-reactive ketones (excluding diaryl/α,β-unsaturated/α-hetero) is 1. The Hall–Kier alpha value is -1.56. The van der Waals surface area contributed by atoms with Crippen molar-refractivity contribution in [3.63, 3.8) is 0 Å². The number of ketones is 1. The van der Waals surface area contributed by atoms with Crippen molar-refractivity contribution in [1.29, 1.82) is 0 Å². The van der Waals surface area contributed by atoms with Crippen LogP contribution in [0.15, 0.2) is 5.16 Å². The van der Waals surface area contributed by atoms with Crippen LogP contribution in [0.1, 0.15) is 69.6 Å². The molecule has 33 heavy (non-hydrogen) atoms. The summed E-state index contributed by atoms with van der Waals surface area (Å²) in [6.45, 7) is 2.07. The lowest BCUT2D eigenvalue weighted by Gasteiger charge is -2.20. The van der Waals surface area contributed by atoms with E-state index in [1.165, 1.54) is 28.2 Å². The predicted octanol–water partition coefficient (Wildman–Crippen LogP) is 6.40. The van der Waals surface area contributed by atoms with Crippen LogP contribution < -0.4 is 5.32 Å². The fourth-order valence-corrected chi connectivity index (χ4v) is 7.50. The monoisotopic (exact) mass is 542 g/mol.